The molecule has 9 rings (SSSR count). The Balaban J connectivity index is 0.000000188. The number of nitrogens with two attached hydrogens (primary N) is 1. The molecule has 21 heteroatoms. The van der Waals surface area contributed by atoms with Crippen molar-refractivity contribution < 1.29 is 55.7 Å². The van der Waals surface area contributed by atoms with Crippen LogP contribution >= 0.6 is 12.4 Å². The van der Waals surface area contributed by atoms with Gasteiger partial charge in [-0.1, -0.05) is 36.4 Å². The van der Waals surface area contributed by atoms with Crippen molar-refractivity contribution in [3.63, 3.8) is 0 Å². The Kier molecular flexibility index (Phi) is 18.4. The highest BCUT2D eigenvalue weighted by atomic mass is 35.5. The Labute approximate surface area is 416 Å². The van der Waals surface area contributed by atoms with E-state index in [0.717, 1.165) is 46.9 Å². The van der Waals surface area contributed by atoms with Gasteiger partial charge in [0.25, 0.3) is 11.8 Å². The number of halogens is 5. The van der Waals surface area contributed by atoms with Crippen LogP contribution in [0.4, 0.5) is 38.5 Å². The molecule has 0 aliphatic carbocycles. The molecular weight excluding hydrogens is 964 g/mol. The van der Waals surface area contributed by atoms with Crippen LogP contribution in [-0.4, -0.2) is 56.7 Å². The predicted molar refractivity (Wildman–Crippen MR) is 258 cm³/mol. The van der Waals surface area contributed by atoms with Crippen LogP contribution in [0.25, 0.3) is 0 Å². The minimum Gasteiger partial charge on any atom is -0.492 e. The summed E-state index contributed by atoms with van der Waals surface area (Å²) in [5.74, 6) is -4.31. The number of aryl methyl sites for hydroxylation is 2. The molecule has 4 aromatic carbocycles. The van der Waals surface area contributed by atoms with Gasteiger partial charge in [0.15, 0.2) is 23.3 Å². The van der Waals surface area contributed by atoms with Crippen molar-refractivity contribution >= 4 is 47.8 Å². The minimum absolute atomic E-state index is 0. The third kappa shape index (κ3) is 14.1. The zero-order valence-corrected chi connectivity index (χ0v) is 39.4. The first-order chi connectivity index (χ1) is 34.2. The van der Waals surface area contributed by atoms with Crippen LogP contribution in [0, 0.1) is 37.1 Å². The van der Waals surface area contributed by atoms with Crippen LogP contribution in [0.2, 0.25) is 0 Å². The maximum atomic E-state index is 13.5. The lowest BCUT2D eigenvalue weighted by atomic mass is 9.97. The quantitative estimate of drug-likeness (QED) is 0.0996. The van der Waals surface area contributed by atoms with Crippen molar-refractivity contribution in [2.24, 2.45) is 5.73 Å². The fourth-order valence-electron chi connectivity index (χ4n) is 7.19. The smallest absolute Gasteiger partial charge is 0.419 e. The Hall–Kier alpha value is -8.36. The molecule has 2 aliphatic rings. The van der Waals surface area contributed by atoms with Crippen molar-refractivity contribution in [2.45, 2.75) is 52.0 Å². The first-order valence-corrected chi connectivity index (χ1v) is 22.0. The zero-order valence-electron chi connectivity index (χ0n) is 38.6. The number of carbonyl (C=O) groups excluding carboxylic acids is 4. The number of ether oxygens (including phenoxy) is 4. The molecule has 7 aromatic rings. The highest BCUT2D eigenvalue weighted by Gasteiger charge is 2.28. The van der Waals surface area contributed by atoms with Gasteiger partial charge < -0.3 is 40.6 Å². The lowest BCUT2D eigenvalue weighted by Gasteiger charge is -2.27. The molecule has 0 fully saturated rings. The number of hydrogen-bond donors (Lipinski definition) is 4. The predicted octanol–water partition coefficient (Wildman–Crippen LogP) is 9.86. The van der Waals surface area contributed by atoms with E-state index in [1.54, 1.807) is 36.4 Å². The third-order valence-corrected chi connectivity index (χ3v) is 10.6. The Morgan fingerprint density at radius 3 is 1.71 bits per heavy atom. The van der Waals surface area contributed by atoms with Crippen LogP contribution in [0.1, 0.15) is 79.5 Å². The van der Waals surface area contributed by atoms with Crippen molar-refractivity contribution in [1.82, 2.24) is 24.8 Å². The summed E-state index contributed by atoms with van der Waals surface area (Å²) in [4.78, 5) is 61.2. The molecule has 5 heterocycles. The van der Waals surface area contributed by atoms with Gasteiger partial charge >= 0.3 is 12.2 Å². The summed E-state index contributed by atoms with van der Waals surface area (Å²) in [5.41, 5.74) is 11.3. The number of rotatable bonds is 9. The standard InChI is InChI=1S/C24H21F2N3O4.C16H14F2N2O2.C11H11N3O2.ClH/c1-14-4-2-5-16(27-14)13-33-24(31)29-21-10-11-32-22-17(21)6-3-7-18(22)23(30)28-15-8-9-19(25)20(26)12-15;17-12-5-4-9(8-13(12)18)20-16(21)11-3-1-2-10-14(19)6-7-22-15(10)11;1-9-3-2-4-10(13-9)7-16-11(15)14-6-5-12-8-14;/h2-9,12,21H,10-11,13H2,1H3,(H,28,30)(H,29,31);1-5,8,14H,6-7,19H2,(H,20,21);2-6,8H,7H2,1H3;1H/t21-;14-;;/m00../s1. The van der Waals surface area contributed by atoms with Crippen LogP contribution in [0.5, 0.6) is 11.5 Å². The van der Waals surface area contributed by atoms with Gasteiger partial charge in [0, 0.05) is 77.3 Å². The fraction of sp³-hybridized carbons (Fsp3) is 0.196. The Morgan fingerprint density at radius 1 is 0.667 bits per heavy atom. The first kappa shape index (κ1) is 53.0. The maximum absolute atomic E-state index is 13.5. The summed E-state index contributed by atoms with van der Waals surface area (Å²) < 4.78 is 75.6. The SMILES string of the molecule is Cc1cccc(COC(=O)N[C@H]2CCOc3c(C(=O)Nc4ccc(F)c(F)c4)cccc32)n1.Cc1cccc(COC(=O)n2ccnc2)n1.Cl.N[C@H]1CCOc2c(C(=O)Nc3ccc(F)c(F)c3)cccc21. The second-order valence-corrected chi connectivity index (χ2v) is 15.8. The average Bonchev–Trinajstić information content (AvgIpc) is 3.91. The van der Waals surface area contributed by atoms with E-state index < -0.39 is 53.3 Å². The van der Waals surface area contributed by atoms with Crippen LogP contribution in [0.3, 0.4) is 0 Å². The number of pyridine rings is 2. The maximum Gasteiger partial charge on any atom is 0.419 e. The van der Waals surface area contributed by atoms with Gasteiger partial charge in [-0.15, -0.1) is 12.4 Å². The van der Waals surface area contributed by atoms with E-state index in [4.69, 9.17) is 24.7 Å². The number of fused-ring (bicyclic) bond motifs is 2. The Morgan fingerprint density at radius 2 is 1.18 bits per heavy atom. The molecule has 0 bridgehead atoms. The molecule has 2 aliphatic heterocycles. The molecule has 3 amide bonds. The normalized spacial score (nSPS) is 14.0. The van der Waals surface area contributed by atoms with Gasteiger partial charge in [-0.3, -0.25) is 19.6 Å². The largest absolute Gasteiger partial charge is 0.492 e. The lowest BCUT2D eigenvalue weighted by molar-refractivity contribution is 0.101. The van der Waals surface area contributed by atoms with Crippen molar-refractivity contribution in [1.29, 1.82) is 0 Å². The number of amides is 3. The molecule has 3 aromatic heterocycles. The fourth-order valence-corrected chi connectivity index (χ4v) is 7.19. The summed E-state index contributed by atoms with van der Waals surface area (Å²) in [5, 5.41) is 7.85. The molecule has 0 saturated carbocycles. The summed E-state index contributed by atoms with van der Waals surface area (Å²) >= 11 is 0. The van der Waals surface area contributed by atoms with Crippen LogP contribution in [0.15, 0.2) is 128 Å². The molecule has 5 N–H and O–H groups in total. The number of aromatic nitrogens is 4. The van der Waals surface area contributed by atoms with Gasteiger partial charge in [0.05, 0.1) is 41.8 Å². The zero-order chi connectivity index (χ0) is 50.4. The van der Waals surface area contributed by atoms with E-state index in [1.165, 1.54) is 35.4 Å². The third-order valence-electron chi connectivity index (χ3n) is 10.6. The molecule has 0 radical (unpaired) electrons. The molecule has 16 nitrogen and oxygen atoms in total. The first-order valence-electron chi connectivity index (χ1n) is 22.0. The van der Waals surface area contributed by atoms with E-state index in [-0.39, 0.29) is 55.2 Å². The number of hydrogen-bond acceptors (Lipinski definition) is 12. The Bertz CT molecular complexity index is 3040. The summed E-state index contributed by atoms with van der Waals surface area (Å²) in [6, 6.07) is 26.8. The second-order valence-electron chi connectivity index (χ2n) is 15.8. The molecule has 72 heavy (non-hydrogen) atoms. The number of para-hydroxylation sites is 2. The highest BCUT2D eigenvalue weighted by Crippen LogP contribution is 2.36. The van der Waals surface area contributed by atoms with Gasteiger partial charge in [0.2, 0.25) is 0 Å². The topological polar surface area (TPSA) is 211 Å². The summed E-state index contributed by atoms with van der Waals surface area (Å²) in [7, 11) is 0. The van der Waals surface area contributed by atoms with Crippen molar-refractivity contribution in [3.8, 4) is 11.5 Å². The number of nitrogens with one attached hydrogen (secondary N) is 3. The summed E-state index contributed by atoms with van der Waals surface area (Å²) in [6.07, 6.45) is 4.54. The molecular formula is C51H47ClF4N8O8. The van der Waals surface area contributed by atoms with Gasteiger partial charge in [-0.05, 0) is 74.5 Å². The molecule has 2 atom stereocenters. The number of benzene rings is 4. The minimum atomic E-state index is -1.07. The van der Waals surface area contributed by atoms with E-state index in [9.17, 15) is 36.7 Å². The lowest BCUT2D eigenvalue weighted by Crippen LogP contribution is -2.33. The van der Waals surface area contributed by atoms with Gasteiger partial charge in [-0.25, -0.2) is 36.7 Å². The number of imidazole rings is 1. The van der Waals surface area contributed by atoms with E-state index in [0.29, 0.717) is 47.8 Å². The van der Waals surface area contributed by atoms with Gasteiger partial charge in [0.1, 0.15) is 31.0 Å². The monoisotopic (exact) mass is 1010 g/mol. The highest BCUT2D eigenvalue weighted by molar-refractivity contribution is 6.07. The second kappa shape index (κ2) is 25.0. The number of carbonyl (C=O) groups is 4. The van der Waals surface area contributed by atoms with Gasteiger partial charge in [-0.2, -0.15) is 0 Å². The molecule has 0 spiro atoms. The van der Waals surface area contributed by atoms with Crippen LogP contribution < -0.4 is 31.2 Å². The average molecular weight is 1010 g/mol. The molecule has 374 valence electrons. The van der Waals surface area contributed by atoms with Crippen LogP contribution in [-0.2, 0) is 22.7 Å². The van der Waals surface area contributed by atoms with E-state index >= 15 is 0 Å². The van der Waals surface area contributed by atoms with Crippen molar-refractivity contribution in [2.75, 3.05) is 23.8 Å². The number of anilines is 2. The number of alkyl carbamates (subject to hydrolysis) is 1. The molecule has 0 saturated heterocycles. The van der Waals surface area contributed by atoms with Crippen molar-refractivity contribution in [3.05, 3.63) is 196 Å². The molecule has 0 unspecified atom stereocenters. The van der Waals surface area contributed by atoms with E-state index in [2.05, 4.69) is 30.9 Å². The number of nitrogens with zero attached hydrogens (tertiary/aromatic N) is 4. The van der Waals surface area contributed by atoms with E-state index in [1.807, 2.05) is 50.2 Å². The summed E-state index contributed by atoms with van der Waals surface area (Å²) in [6.45, 7) is 4.64.